The zero-order valence-electron chi connectivity index (χ0n) is 17.3. The highest BCUT2D eigenvalue weighted by Gasteiger charge is 2.22. The first-order valence-electron chi connectivity index (χ1n) is 9.86. The van der Waals surface area contributed by atoms with Crippen molar-refractivity contribution < 1.29 is 9.53 Å². The third kappa shape index (κ3) is 4.63. The molecule has 1 saturated heterocycles. The highest BCUT2D eigenvalue weighted by molar-refractivity contribution is 5.89. The Morgan fingerprint density at radius 3 is 2.77 bits per heavy atom. The van der Waals surface area contributed by atoms with Crippen LogP contribution < -0.4 is 21.9 Å². The van der Waals surface area contributed by atoms with Crippen LogP contribution in [0.4, 0.5) is 5.82 Å². The Morgan fingerprint density at radius 2 is 2.07 bits per heavy atom. The zero-order valence-corrected chi connectivity index (χ0v) is 17.3. The van der Waals surface area contributed by atoms with Crippen LogP contribution in [0.25, 0.3) is 0 Å². The summed E-state index contributed by atoms with van der Waals surface area (Å²) in [5, 5.41) is 0. The summed E-state index contributed by atoms with van der Waals surface area (Å²) in [5.41, 5.74) is 6.26. The molecule has 2 heterocycles. The van der Waals surface area contributed by atoms with Gasteiger partial charge in [0.1, 0.15) is 5.82 Å². The Kier molecular flexibility index (Phi) is 6.75. The van der Waals surface area contributed by atoms with Gasteiger partial charge in [-0.25, -0.2) is 9.59 Å². The molecule has 2 aromatic rings. The lowest BCUT2D eigenvalue weighted by molar-refractivity contribution is 0.0600. The minimum Gasteiger partial charge on any atom is -0.465 e. The molecule has 0 saturated carbocycles. The first-order chi connectivity index (χ1) is 14.4. The molecule has 1 aliphatic rings. The number of carbonyl (C=O) groups excluding carboxylic acids is 1. The SMILES string of the molecule is CC#CCn1c(N2CCC[C@@H](N)C2)cc(=O)n(Cc2cccc(C(=O)OC)c2)c1=O. The molecule has 158 valence electrons. The summed E-state index contributed by atoms with van der Waals surface area (Å²) in [7, 11) is 1.30. The summed E-state index contributed by atoms with van der Waals surface area (Å²) in [6.45, 7) is 3.25. The van der Waals surface area contributed by atoms with Crippen molar-refractivity contribution in [1.29, 1.82) is 0 Å². The van der Waals surface area contributed by atoms with Gasteiger partial charge in [-0.3, -0.25) is 13.9 Å². The number of aromatic nitrogens is 2. The maximum atomic E-state index is 13.2. The summed E-state index contributed by atoms with van der Waals surface area (Å²) < 4.78 is 7.41. The molecule has 0 bridgehead atoms. The smallest absolute Gasteiger partial charge is 0.337 e. The number of esters is 1. The van der Waals surface area contributed by atoms with E-state index in [4.69, 9.17) is 10.5 Å². The van der Waals surface area contributed by atoms with E-state index in [0.29, 0.717) is 23.5 Å². The third-order valence-corrected chi connectivity index (χ3v) is 5.14. The molecule has 1 aromatic carbocycles. The number of carbonyl (C=O) groups is 1. The van der Waals surface area contributed by atoms with E-state index >= 15 is 0 Å². The Hall–Kier alpha value is -3.31. The van der Waals surface area contributed by atoms with Crippen molar-refractivity contribution in [2.75, 3.05) is 25.1 Å². The number of benzene rings is 1. The molecule has 0 aliphatic carbocycles. The van der Waals surface area contributed by atoms with Crippen molar-refractivity contribution in [3.05, 3.63) is 62.3 Å². The lowest BCUT2D eigenvalue weighted by Crippen LogP contribution is -2.48. The van der Waals surface area contributed by atoms with Crippen LogP contribution in [0.2, 0.25) is 0 Å². The minimum absolute atomic E-state index is 0.00283. The van der Waals surface area contributed by atoms with Crippen molar-refractivity contribution in [3.8, 4) is 11.8 Å². The summed E-state index contributed by atoms with van der Waals surface area (Å²) in [4.78, 5) is 39.8. The molecule has 0 radical (unpaired) electrons. The maximum absolute atomic E-state index is 13.2. The topological polar surface area (TPSA) is 99.6 Å². The molecule has 8 nitrogen and oxygen atoms in total. The molecule has 1 atom stereocenters. The second-order valence-electron chi connectivity index (χ2n) is 7.26. The molecule has 0 unspecified atom stereocenters. The van der Waals surface area contributed by atoms with Crippen molar-refractivity contribution >= 4 is 11.8 Å². The summed E-state index contributed by atoms with van der Waals surface area (Å²) in [6.07, 6.45) is 1.82. The van der Waals surface area contributed by atoms with Crippen LogP contribution in [-0.2, 0) is 17.8 Å². The number of ether oxygens (including phenoxy) is 1. The predicted molar refractivity (Wildman–Crippen MR) is 115 cm³/mol. The van der Waals surface area contributed by atoms with Gasteiger partial charge in [-0.05, 0) is 37.5 Å². The van der Waals surface area contributed by atoms with Gasteiger partial charge in [-0.15, -0.1) is 5.92 Å². The molecule has 3 rings (SSSR count). The fourth-order valence-electron chi connectivity index (χ4n) is 3.63. The highest BCUT2D eigenvalue weighted by atomic mass is 16.5. The molecule has 1 aromatic heterocycles. The second-order valence-corrected chi connectivity index (χ2v) is 7.26. The average molecular weight is 410 g/mol. The predicted octanol–water partition coefficient (Wildman–Crippen LogP) is 0.796. The summed E-state index contributed by atoms with van der Waals surface area (Å²) in [6, 6.07) is 8.16. The Morgan fingerprint density at radius 1 is 1.27 bits per heavy atom. The molecule has 1 fully saturated rings. The second kappa shape index (κ2) is 9.46. The lowest BCUT2D eigenvalue weighted by Gasteiger charge is -2.33. The number of piperidine rings is 1. The Labute approximate surface area is 174 Å². The van der Waals surface area contributed by atoms with E-state index in [0.717, 1.165) is 24.0 Å². The van der Waals surface area contributed by atoms with Crippen LogP contribution in [0.1, 0.15) is 35.7 Å². The van der Waals surface area contributed by atoms with E-state index in [1.165, 1.54) is 17.7 Å². The lowest BCUT2D eigenvalue weighted by atomic mass is 10.1. The van der Waals surface area contributed by atoms with Crippen molar-refractivity contribution in [2.45, 2.75) is 38.9 Å². The van der Waals surface area contributed by atoms with E-state index in [2.05, 4.69) is 11.8 Å². The van der Waals surface area contributed by atoms with E-state index in [-0.39, 0.29) is 19.1 Å². The van der Waals surface area contributed by atoms with E-state index in [1.807, 2.05) is 4.90 Å². The fourth-order valence-corrected chi connectivity index (χ4v) is 3.63. The Balaban J connectivity index is 2.03. The van der Waals surface area contributed by atoms with Crippen LogP contribution in [0, 0.1) is 11.8 Å². The van der Waals surface area contributed by atoms with E-state index in [9.17, 15) is 14.4 Å². The third-order valence-electron chi connectivity index (χ3n) is 5.14. The number of hydrogen-bond donors (Lipinski definition) is 1. The quantitative estimate of drug-likeness (QED) is 0.578. The number of nitrogens with two attached hydrogens (primary N) is 1. The van der Waals surface area contributed by atoms with Gasteiger partial charge in [0.15, 0.2) is 0 Å². The van der Waals surface area contributed by atoms with Gasteiger partial charge in [0, 0.05) is 25.2 Å². The molecular formula is C22H26N4O4. The van der Waals surface area contributed by atoms with Crippen LogP contribution >= 0.6 is 0 Å². The number of rotatable bonds is 5. The maximum Gasteiger partial charge on any atom is 0.337 e. The van der Waals surface area contributed by atoms with Crippen molar-refractivity contribution in [3.63, 3.8) is 0 Å². The van der Waals surface area contributed by atoms with E-state index in [1.54, 1.807) is 31.2 Å². The van der Waals surface area contributed by atoms with Crippen molar-refractivity contribution in [2.24, 2.45) is 5.73 Å². The first-order valence-corrected chi connectivity index (χ1v) is 9.86. The molecule has 0 amide bonds. The highest BCUT2D eigenvalue weighted by Crippen LogP contribution is 2.17. The first kappa shape index (κ1) is 21.4. The number of hydrogen-bond acceptors (Lipinski definition) is 6. The number of anilines is 1. The van der Waals surface area contributed by atoms with Gasteiger partial charge in [0.25, 0.3) is 5.56 Å². The van der Waals surface area contributed by atoms with Gasteiger partial charge in [-0.1, -0.05) is 18.1 Å². The molecule has 8 heteroatoms. The minimum atomic E-state index is -0.475. The summed E-state index contributed by atoms with van der Waals surface area (Å²) in [5.74, 6) is 5.79. The molecular weight excluding hydrogens is 384 g/mol. The normalized spacial score (nSPS) is 16.0. The van der Waals surface area contributed by atoms with E-state index < -0.39 is 17.2 Å². The molecule has 30 heavy (non-hydrogen) atoms. The van der Waals surface area contributed by atoms with Crippen LogP contribution in [0.3, 0.4) is 0 Å². The van der Waals surface area contributed by atoms with Gasteiger partial charge in [0.2, 0.25) is 0 Å². The number of nitrogens with zero attached hydrogens (tertiary/aromatic N) is 3. The van der Waals surface area contributed by atoms with Gasteiger partial charge in [-0.2, -0.15) is 0 Å². The summed E-state index contributed by atoms with van der Waals surface area (Å²) >= 11 is 0. The zero-order chi connectivity index (χ0) is 21.7. The molecule has 1 aliphatic heterocycles. The fraction of sp³-hybridized carbons (Fsp3) is 0.409. The van der Waals surface area contributed by atoms with Gasteiger partial charge >= 0.3 is 11.7 Å². The van der Waals surface area contributed by atoms with Gasteiger partial charge in [0.05, 0.1) is 25.8 Å². The molecule has 2 N–H and O–H groups in total. The van der Waals surface area contributed by atoms with Crippen LogP contribution in [0.5, 0.6) is 0 Å². The number of methoxy groups -OCH3 is 1. The van der Waals surface area contributed by atoms with Crippen molar-refractivity contribution in [1.82, 2.24) is 9.13 Å². The Bertz CT molecular complexity index is 1110. The standard InChI is InChI=1S/C22H26N4O4/c1-3-4-11-25-19(24-10-6-9-18(23)15-24)13-20(27)26(22(25)29)14-16-7-5-8-17(12-16)21(28)30-2/h5,7-8,12-13,18H,6,9-11,14-15,23H2,1-2H3/t18-/m1/s1. The van der Waals surface area contributed by atoms with Crippen LogP contribution in [-0.4, -0.2) is 41.3 Å². The largest absolute Gasteiger partial charge is 0.465 e. The monoisotopic (exact) mass is 410 g/mol. The van der Waals surface area contributed by atoms with Crippen LogP contribution in [0.15, 0.2) is 39.9 Å². The molecule has 0 spiro atoms. The van der Waals surface area contributed by atoms with Gasteiger partial charge < -0.3 is 15.4 Å². The average Bonchev–Trinajstić information content (AvgIpc) is 2.75.